The highest BCUT2D eigenvalue weighted by atomic mass is 16.3. The molecule has 0 aromatic carbocycles. The summed E-state index contributed by atoms with van der Waals surface area (Å²) < 4.78 is 0. The van der Waals surface area contributed by atoms with Gasteiger partial charge in [-0.3, -0.25) is 4.79 Å². The predicted octanol–water partition coefficient (Wildman–Crippen LogP) is 19.0. The fourth-order valence-corrected chi connectivity index (χ4v) is 8.60. The van der Waals surface area contributed by atoms with Crippen molar-refractivity contribution in [2.45, 2.75) is 302 Å². The van der Waals surface area contributed by atoms with E-state index in [1.165, 1.54) is 212 Å². The van der Waals surface area contributed by atoms with Gasteiger partial charge in [-0.2, -0.15) is 0 Å². The van der Waals surface area contributed by atoms with Crippen molar-refractivity contribution in [1.29, 1.82) is 0 Å². The average molecular weight is 907 g/mol. The molecule has 0 aromatic heterocycles. The lowest BCUT2D eigenvalue weighted by molar-refractivity contribution is -0.123. The van der Waals surface area contributed by atoms with Gasteiger partial charge in [-0.1, -0.05) is 286 Å². The van der Waals surface area contributed by atoms with Crippen molar-refractivity contribution < 1.29 is 15.0 Å². The van der Waals surface area contributed by atoms with Crippen LogP contribution in [-0.2, 0) is 4.79 Å². The molecule has 0 rings (SSSR count). The van der Waals surface area contributed by atoms with Crippen molar-refractivity contribution in [3.05, 3.63) is 72.9 Å². The molecular formula is C61H111NO3. The van der Waals surface area contributed by atoms with Gasteiger partial charge < -0.3 is 15.5 Å². The number of unbranched alkanes of at least 4 members (excludes halogenated alkanes) is 35. The Labute approximate surface area is 406 Å². The fraction of sp³-hybridized carbons (Fsp3) is 0.787. The number of nitrogens with one attached hydrogen (secondary N) is 1. The molecule has 4 nitrogen and oxygen atoms in total. The second kappa shape index (κ2) is 56.2. The summed E-state index contributed by atoms with van der Waals surface area (Å²) in [6, 6.07) is -0.641. The van der Waals surface area contributed by atoms with Gasteiger partial charge in [0.1, 0.15) is 0 Å². The Kier molecular flexibility index (Phi) is 54.3. The second-order valence-electron chi connectivity index (χ2n) is 19.3. The van der Waals surface area contributed by atoms with Crippen LogP contribution in [0, 0.1) is 0 Å². The zero-order valence-electron chi connectivity index (χ0n) is 43.5. The molecule has 65 heavy (non-hydrogen) atoms. The third-order valence-corrected chi connectivity index (χ3v) is 12.9. The van der Waals surface area contributed by atoms with Crippen LogP contribution in [0.15, 0.2) is 72.9 Å². The number of aliphatic hydroxyl groups is 2. The lowest BCUT2D eigenvalue weighted by atomic mass is 10.0. The van der Waals surface area contributed by atoms with Crippen LogP contribution in [0.1, 0.15) is 290 Å². The molecule has 0 bridgehead atoms. The van der Waals surface area contributed by atoms with E-state index < -0.39 is 12.1 Å². The van der Waals surface area contributed by atoms with Crippen LogP contribution in [0.25, 0.3) is 0 Å². The first-order chi connectivity index (χ1) is 32.2. The lowest BCUT2D eigenvalue weighted by Crippen LogP contribution is -2.45. The molecule has 378 valence electrons. The Morgan fingerprint density at radius 2 is 0.692 bits per heavy atom. The fourth-order valence-electron chi connectivity index (χ4n) is 8.60. The highest BCUT2D eigenvalue weighted by Crippen LogP contribution is 2.17. The SMILES string of the molecule is CC/C=C\C/C=C\C/C=C\C/C=C\CCCCCCCCCCCCCCCCCCCCC(=O)NC(CO)C(O)/C=C/CC/C=C/CCCCCCCCCCCCCCCCCC. The van der Waals surface area contributed by atoms with Crippen LogP contribution >= 0.6 is 0 Å². The summed E-state index contributed by atoms with van der Waals surface area (Å²) in [4.78, 5) is 12.5. The van der Waals surface area contributed by atoms with Gasteiger partial charge in [0, 0.05) is 6.42 Å². The van der Waals surface area contributed by atoms with E-state index in [4.69, 9.17) is 0 Å². The molecule has 3 N–H and O–H groups in total. The van der Waals surface area contributed by atoms with Gasteiger partial charge in [0.2, 0.25) is 5.91 Å². The van der Waals surface area contributed by atoms with Gasteiger partial charge in [0.15, 0.2) is 0 Å². The van der Waals surface area contributed by atoms with E-state index in [2.05, 4.69) is 79.9 Å². The number of carbonyl (C=O) groups is 1. The van der Waals surface area contributed by atoms with E-state index >= 15 is 0 Å². The molecule has 0 aromatic rings. The molecule has 0 aliphatic carbocycles. The van der Waals surface area contributed by atoms with Crippen LogP contribution in [-0.4, -0.2) is 34.9 Å². The maximum absolute atomic E-state index is 12.5. The standard InChI is InChI=1S/C61H111NO3/c1-3-5-7-9-11-13-15-17-19-21-23-25-27-28-29-30-31-32-33-34-35-37-39-41-43-45-47-49-51-53-55-57-61(65)62-59(58-63)60(64)56-54-52-50-48-46-44-42-40-38-36-26-24-22-20-18-16-14-12-10-8-6-4-2/h5,7,11,13,17,19,23,25,46,48,54,56,59-60,63-64H,3-4,6,8-10,12,14-16,18,20-22,24,26-45,47,49-53,55,57-58H2,1-2H3,(H,62,65)/b7-5-,13-11-,19-17-,25-23-,48-46+,56-54+. The largest absolute Gasteiger partial charge is 0.394 e. The summed E-state index contributed by atoms with van der Waals surface area (Å²) >= 11 is 0. The minimum atomic E-state index is -0.864. The number of carbonyl (C=O) groups excluding carboxylic acids is 1. The number of hydrogen-bond donors (Lipinski definition) is 3. The van der Waals surface area contributed by atoms with E-state index in [-0.39, 0.29) is 12.5 Å². The van der Waals surface area contributed by atoms with Crippen molar-refractivity contribution >= 4 is 5.91 Å². The highest BCUT2D eigenvalue weighted by Gasteiger charge is 2.18. The van der Waals surface area contributed by atoms with Crippen molar-refractivity contribution in [3.8, 4) is 0 Å². The Morgan fingerprint density at radius 3 is 1.08 bits per heavy atom. The first kappa shape index (κ1) is 62.8. The predicted molar refractivity (Wildman–Crippen MR) is 290 cm³/mol. The summed E-state index contributed by atoms with van der Waals surface area (Å²) in [5, 5.41) is 23.2. The first-order valence-electron chi connectivity index (χ1n) is 28.7. The molecule has 0 aliphatic heterocycles. The van der Waals surface area contributed by atoms with E-state index in [1.807, 2.05) is 6.08 Å². The van der Waals surface area contributed by atoms with Crippen LogP contribution in [0.3, 0.4) is 0 Å². The van der Waals surface area contributed by atoms with E-state index in [1.54, 1.807) is 6.08 Å². The van der Waals surface area contributed by atoms with Gasteiger partial charge in [-0.15, -0.1) is 0 Å². The van der Waals surface area contributed by atoms with Crippen LogP contribution < -0.4 is 5.32 Å². The van der Waals surface area contributed by atoms with Gasteiger partial charge in [-0.05, 0) is 70.6 Å². The number of amides is 1. The molecule has 1 amide bonds. The first-order valence-corrected chi connectivity index (χ1v) is 28.7. The molecule has 0 spiro atoms. The summed E-state index contributed by atoms with van der Waals surface area (Å²) in [5.41, 5.74) is 0. The summed E-state index contributed by atoms with van der Waals surface area (Å²) in [7, 11) is 0. The monoisotopic (exact) mass is 906 g/mol. The molecule has 2 unspecified atom stereocenters. The van der Waals surface area contributed by atoms with Crippen LogP contribution in [0.2, 0.25) is 0 Å². The Bertz CT molecular complexity index is 1120. The normalized spacial score (nSPS) is 13.4. The maximum atomic E-state index is 12.5. The third kappa shape index (κ3) is 52.7. The van der Waals surface area contributed by atoms with Gasteiger partial charge in [0.25, 0.3) is 0 Å². The number of hydrogen-bond acceptors (Lipinski definition) is 3. The van der Waals surface area contributed by atoms with E-state index in [9.17, 15) is 15.0 Å². The Hall–Kier alpha value is -2.17. The number of allylic oxidation sites excluding steroid dienone is 11. The summed E-state index contributed by atoms with van der Waals surface area (Å²) in [6.45, 7) is 4.21. The smallest absolute Gasteiger partial charge is 0.220 e. The topological polar surface area (TPSA) is 69.6 Å². The van der Waals surface area contributed by atoms with Crippen LogP contribution in [0.4, 0.5) is 0 Å². The molecule has 0 radical (unpaired) electrons. The Balaban J connectivity index is 3.51. The van der Waals surface area contributed by atoms with E-state index in [0.717, 1.165) is 57.8 Å². The molecular weight excluding hydrogens is 795 g/mol. The molecule has 2 atom stereocenters. The molecule has 4 heteroatoms. The molecule has 0 aliphatic rings. The Morgan fingerprint density at radius 1 is 0.385 bits per heavy atom. The molecule has 0 fully saturated rings. The summed E-state index contributed by atoms with van der Waals surface area (Å²) in [6.07, 6.45) is 80.7. The maximum Gasteiger partial charge on any atom is 0.220 e. The zero-order valence-corrected chi connectivity index (χ0v) is 43.5. The quantitative estimate of drug-likeness (QED) is 0.0421. The number of aliphatic hydroxyl groups excluding tert-OH is 2. The lowest BCUT2D eigenvalue weighted by Gasteiger charge is -2.19. The van der Waals surface area contributed by atoms with Crippen molar-refractivity contribution in [2.75, 3.05) is 6.61 Å². The summed E-state index contributed by atoms with van der Waals surface area (Å²) in [5.74, 6) is -0.0716. The second-order valence-corrected chi connectivity index (χ2v) is 19.3. The minimum absolute atomic E-state index is 0.0716. The minimum Gasteiger partial charge on any atom is -0.394 e. The third-order valence-electron chi connectivity index (χ3n) is 12.9. The van der Waals surface area contributed by atoms with Crippen molar-refractivity contribution in [3.63, 3.8) is 0 Å². The van der Waals surface area contributed by atoms with Gasteiger partial charge >= 0.3 is 0 Å². The zero-order chi connectivity index (χ0) is 47.0. The van der Waals surface area contributed by atoms with Gasteiger partial charge in [0.05, 0.1) is 18.8 Å². The van der Waals surface area contributed by atoms with Crippen molar-refractivity contribution in [2.24, 2.45) is 0 Å². The highest BCUT2D eigenvalue weighted by molar-refractivity contribution is 5.76. The van der Waals surface area contributed by atoms with Crippen LogP contribution in [0.5, 0.6) is 0 Å². The molecule has 0 saturated heterocycles. The molecule has 0 saturated carbocycles. The van der Waals surface area contributed by atoms with Crippen molar-refractivity contribution in [1.82, 2.24) is 5.32 Å². The average Bonchev–Trinajstić information content (AvgIpc) is 3.31. The van der Waals surface area contributed by atoms with Gasteiger partial charge in [-0.25, -0.2) is 0 Å². The number of rotatable bonds is 52. The molecule has 0 heterocycles. The van der Waals surface area contributed by atoms with E-state index in [0.29, 0.717) is 6.42 Å².